The first-order chi connectivity index (χ1) is 14.9. The van der Waals surface area contributed by atoms with Crippen LogP contribution in [0, 0.1) is 25.2 Å². The maximum Gasteiger partial charge on any atom is 0.339 e. The zero-order valence-electron chi connectivity index (χ0n) is 17.6. The Bertz CT molecular complexity index is 1190. The number of rotatable bonds is 6. The summed E-state index contributed by atoms with van der Waals surface area (Å²) in [6.07, 6.45) is 4.12. The number of hydrogen-bond donors (Lipinski definition) is 2. The van der Waals surface area contributed by atoms with Crippen LogP contribution < -0.4 is 5.32 Å². The van der Waals surface area contributed by atoms with Gasteiger partial charge in [-0.2, -0.15) is 10.4 Å². The molecular formula is C23H23N5O3. The van der Waals surface area contributed by atoms with Crippen LogP contribution in [0.2, 0.25) is 0 Å². The van der Waals surface area contributed by atoms with Gasteiger partial charge in [0.15, 0.2) is 5.82 Å². The second-order valence-electron chi connectivity index (χ2n) is 7.70. The molecule has 3 heterocycles. The lowest BCUT2D eigenvalue weighted by molar-refractivity contribution is 0.0421. The Hall–Kier alpha value is -3.54. The Labute approximate surface area is 180 Å². The highest BCUT2D eigenvalue weighted by Gasteiger charge is 2.31. The number of cyclic esters (lactones) is 1. The number of aryl methyl sites for hydroxylation is 1. The molecule has 1 aliphatic heterocycles. The Balaban J connectivity index is 1.40. The van der Waals surface area contributed by atoms with Gasteiger partial charge in [0, 0.05) is 36.6 Å². The minimum Gasteiger partial charge on any atom is -0.454 e. The quantitative estimate of drug-likeness (QED) is 0.593. The number of esters is 1. The molecule has 8 nitrogen and oxygen atoms in total. The van der Waals surface area contributed by atoms with Crippen LogP contribution in [0.4, 0.5) is 0 Å². The van der Waals surface area contributed by atoms with E-state index in [-0.39, 0.29) is 12.1 Å². The van der Waals surface area contributed by atoms with Gasteiger partial charge in [0.05, 0.1) is 23.4 Å². The number of ether oxygens (including phenoxy) is 1. The molecule has 3 aromatic rings. The fourth-order valence-corrected chi connectivity index (χ4v) is 3.91. The van der Waals surface area contributed by atoms with Gasteiger partial charge in [0.2, 0.25) is 0 Å². The molecule has 1 aromatic carbocycles. The summed E-state index contributed by atoms with van der Waals surface area (Å²) in [7, 11) is 0. The van der Waals surface area contributed by atoms with Gasteiger partial charge in [-0.1, -0.05) is 6.07 Å². The van der Waals surface area contributed by atoms with Crippen molar-refractivity contribution in [1.82, 2.24) is 20.1 Å². The molecular weight excluding hydrogens is 394 g/mol. The molecule has 0 fully saturated rings. The van der Waals surface area contributed by atoms with E-state index in [0.29, 0.717) is 30.0 Å². The molecule has 0 saturated heterocycles. The highest BCUT2D eigenvalue weighted by Crippen LogP contribution is 2.35. The normalized spacial score (nSPS) is 16.0. The van der Waals surface area contributed by atoms with Crippen molar-refractivity contribution in [2.24, 2.45) is 0 Å². The molecule has 0 saturated carbocycles. The van der Waals surface area contributed by atoms with Crippen LogP contribution in [0.15, 0.2) is 36.8 Å². The number of benzene rings is 1. The predicted molar refractivity (Wildman–Crippen MR) is 112 cm³/mol. The Morgan fingerprint density at radius 2 is 2.16 bits per heavy atom. The number of nitrogens with one attached hydrogen (secondary N) is 1. The van der Waals surface area contributed by atoms with Crippen molar-refractivity contribution >= 4 is 5.97 Å². The zero-order valence-corrected chi connectivity index (χ0v) is 17.6. The molecule has 2 atom stereocenters. The van der Waals surface area contributed by atoms with Gasteiger partial charge < -0.3 is 15.2 Å². The Morgan fingerprint density at radius 1 is 1.35 bits per heavy atom. The number of fused-ring (bicyclic) bond motifs is 1. The molecule has 2 N–H and O–H groups in total. The van der Waals surface area contributed by atoms with E-state index in [1.54, 1.807) is 29.2 Å². The van der Waals surface area contributed by atoms with Crippen molar-refractivity contribution < 1.29 is 14.6 Å². The summed E-state index contributed by atoms with van der Waals surface area (Å²) in [4.78, 5) is 16.1. The van der Waals surface area contributed by atoms with Crippen LogP contribution in [0.25, 0.3) is 5.82 Å². The van der Waals surface area contributed by atoms with Gasteiger partial charge in [0.25, 0.3) is 0 Å². The topological polar surface area (TPSA) is 113 Å². The van der Waals surface area contributed by atoms with E-state index in [4.69, 9.17) is 10.00 Å². The SMILES string of the molecule is Cc1cc(-n2cc(CNCC(O)c3ccc4c(c3C)C(C)OC4=O)cn2)ncc1C#N. The Kier molecular flexibility index (Phi) is 5.55. The number of aliphatic hydroxyl groups excluding tert-OH is 1. The summed E-state index contributed by atoms with van der Waals surface area (Å²) >= 11 is 0. The van der Waals surface area contributed by atoms with Crippen LogP contribution in [-0.2, 0) is 11.3 Å². The number of hydrogen-bond acceptors (Lipinski definition) is 7. The molecule has 4 rings (SSSR count). The van der Waals surface area contributed by atoms with Gasteiger partial charge in [-0.3, -0.25) is 0 Å². The van der Waals surface area contributed by atoms with Gasteiger partial charge in [-0.05, 0) is 49.6 Å². The molecule has 2 unspecified atom stereocenters. The molecule has 31 heavy (non-hydrogen) atoms. The molecule has 158 valence electrons. The van der Waals surface area contributed by atoms with Gasteiger partial charge in [-0.15, -0.1) is 0 Å². The fourth-order valence-electron chi connectivity index (χ4n) is 3.91. The second kappa shape index (κ2) is 8.30. The van der Waals surface area contributed by atoms with Crippen molar-refractivity contribution in [3.05, 3.63) is 75.7 Å². The van der Waals surface area contributed by atoms with Gasteiger partial charge in [-0.25, -0.2) is 14.5 Å². The molecule has 1 aliphatic rings. The molecule has 0 amide bonds. The van der Waals surface area contributed by atoms with Crippen LogP contribution in [0.1, 0.15) is 62.9 Å². The van der Waals surface area contributed by atoms with Crippen LogP contribution in [-0.4, -0.2) is 32.4 Å². The van der Waals surface area contributed by atoms with E-state index >= 15 is 0 Å². The molecule has 0 bridgehead atoms. The van der Waals surface area contributed by atoms with Crippen LogP contribution in [0.5, 0.6) is 0 Å². The third-order valence-corrected chi connectivity index (χ3v) is 5.58. The largest absolute Gasteiger partial charge is 0.454 e. The number of pyridine rings is 1. The number of nitriles is 1. The van der Waals surface area contributed by atoms with E-state index < -0.39 is 6.10 Å². The summed E-state index contributed by atoms with van der Waals surface area (Å²) in [6.45, 7) is 6.48. The minimum atomic E-state index is -0.717. The van der Waals surface area contributed by atoms with Crippen molar-refractivity contribution in [2.75, 3.05) is 6.54 Å². The zero-order chi connectivity index (χ0) is 22.1. The second-order valence-corrected chi connectivity index (χ2v) is 7.70. The van der Waals surface area contributed by atoms with Crippen molar-refractivity contribution in [3.63, 3.8) is 0 Å². The van der Waals surface area contributed by atoms with Crippen LogP contribution >= 0.6 is 0 Å². The van der Waals surface area contributed by atoms with E-state index in [1.807, 2.05) is 33.0 Å². The van der Waals surface area contributed by atoms with Gasteiger partial charge in [0.1, 0.15) is 12.2 Å². The lowest BCUT2D eigenvalue weighted by Crippen LogP contribution is -2.21. The van der Waals surface area contributed by atoms with E-state index in [0.717, 1.165) is 27.8 Å². The minimum absolute atomic E-state index is 0.298. The van der Waals surface area contributed by atoms with E-state index in [1.165, 1.54) is 0 Å². The molecule has 0 aliphatic carbocycles. The first-order valence-electron chi connectivity index (χ1n) is 10.0. The first kappa shape index (κ1) is 20.7. The number of carbonyl (C=O) groups is 1. The van der Waals surface area contributed by atoms with E-state index in [2.05, 4.69) is 21.5 Å². The summed E-state index contributed by atoms with van der Waals surface area (Å²) in [5.41, 5.74) is 5.43. The maximum atomic E-state index is 11.9. The summed E-state index contributed by atoms with van der Waals surface area (Å²) in [5, 5.41) is 27.3. The van der Waals surface area contributed by atoms with Crippen molar-refractivity contribution in [2.45, 2.75) is 39.5 Å². The molecule has 8 heteroatoms. The van der Waals surface area contributed by atoms with Crippen molar-refractivity contribution in [3.8, 4) is 11.9 Å². The smallest absolute Gasteiger partial charge is 0.339 e. The summed E-state index contributed by atoms with van der Waals surface area (Å²) in [5.74, 6) is 0.330. The third kappa shape index (κ3) is 3.93. The monoisotopic (exact) mass is 417 g/mol. The number of carbonyl (C=O) groups excluding carboxylic acids is 1. The fraction of sp³-hybridized carbons (Fsp3) is 0.304. The lowest BCUT2D eigenvalue weighted by Gasteiger charge is -2.17. The summed E-state index contributed by atoms with van der Waals surface area (Å²) < 4.78 is 6.94. The van der Waals surface area contributed by atoms with Gasteiger partial charge >= 0.3 is 5.97 Å². The Morgan fingerprint density at radius 3 is 2.90 bits per heavy atom. The van der Waals surface area contributed by atoms with Crippen LogP contribution in [0.3, 0.4) is 0 Å². The first-order valence-corrected chi connectivity index (χ1v) is 10.0. The highest BCUT2D eigenvalue weighted by molar-refractivity contribution is 5.94. The van der Waals surface area contributed by atoms with E-state index in [9.17, 15) is 9.90 Å². The average molecular weight is 417 g/mol. The highest BCUT2D eigenvalue weighted by atomic mass is 16.5. The standard InChI is InChI=1S/C23H23N5O3/c1-13-6-21(26-10-17(13)7-24)28-12-16(9-27-28)8-25-11-20(29)18-4-5-19-22(14(18)2)15(3)31-23(19)30/h4-6,9-10,12,15,20,25,29H,8,11H2,1-3H3. The van der Waals surface area contributed by atoms with Crippen molar-refractivity contribution in [1.29, 1.82) is 5.26 Å². The molecule has 0 radical (unpaired) electrons. The molecule has 2 aromatic heterocycles. The lowest BCUT2D eigenvalue weighted by atomic mass is 9.93. The average Bonchev–Trinajstić information content (AvgIpc) is 3.33. The third-order valence-electron chi connectivity index (χ3n) is 5.58. The predicted octanol–water partition coefficient (Wildman–Crippen LogP) is 2.81. The summed E-state index contributed by atoms with van der Waals surface area (Å²) in [6, 6.07) is 7.44. The number of aromatic nitrogens is 3. The number of nitrogens with zero attached hydrogens (tertiary/aromatic N) is 4. The maximum absolute atomic E-state index is 11.9. The molecule has 0 spiro atoms. The number of aliphatic hydroxyl groups is 1.